The third-order valence-electron chi connectivity index (χ3n) is 4.17. The van der Waals surface area contributed by atoms with E-state index in [1.54, 1.807) is 11.9 Å². The Labute approximate surface area is 132 Å². The first kappa shape index (κ1) is 16.5. The highest BCUT2D eigenvalue weighted by Crippen LogP contribution is 2.22. The second-order valence-corrected chi connectivity index (χ2v) is 7.19. The summed E-state index contributed by atoms with van der Waals surface area (Å²) in [5.74, 6) is 0.121. The molecule has 1 unspecified atom stereocenters. The summed E-state index contributed by atoms with van der Waals surface area (Å²) in [7, 11) is 1.77. The maximum atomic E-state index is 12.0. The zero-order valence-corrected chi connectivity index (χ0v) is 14.0. The highest BCUT2D eigenvalue weighted by Gasteiger charge is 2.27. The summed E-state index contributed by atoms with van der Waals surface area (Å²) >= 11 is 0. The normalized spacial score (nSPS) is 18.6. The SMILES string of the molecule is CN1CC(NC(=O)CCc2ccc(C(C)(C)C)cc2)CC1=O. The van der Waals surface area contributed by atoms with Crippen molar-refractivity contribution in [2.75, 3.05) is 13.6 Å². The van der Waals surface area contributed by atoms with Crippen molar-refractivity contribution < 1.29 is 9.59 Å². The first-order chi connectivity index (χ1) is 10.3. The highest BCUT2D eigenvalue weighted by atomic mass is 16.2. The van der Waals surface area contributed by atoms with Crippen LogP contribution in [0.15, 0.2) is 24.3 Å². The molecule has 0 aromatic heterocycles. The number of hydrogen-bond donors (Lipinski definition) is 1. The number of likely N-dealkylation sites (N-methyl/N-ethyl adjacent to an activating group) is 1. The summed E-state index contributed by atoms with van der Waals surface area (Å²) in [4.78, 5) is 25.1. The maximum Gasteiger partial charge on any atom is 0.224 e. The Morgan fingerprint density at radius 2 is 1.91 bits per heavy atom. The lowest BCUT2D eigenvalue weighted by Gasteiger charge is -2.19. The van der Waals surface area contributed by atoms with E-state index in [1.165, 1.54) is 11.1 Å². The largest absolute Gasteiger partial charge is 0.351 e. The van der Waals surface area contributed by atoms with Crippen molar-refractivity contribution in [3.63, 3.8) is 0 Å². The van der Waals surface area contributed by atoms with Crippen LogP contribution in [0.5, 0.6) is 0 Å². The monoisotopic (exact) mass is 302 g/mol. The lowest BCUT2D eigenvalue weighted by atomic mass is 9.86. The molecule has 1 fully saturated rings. The third-order valence-corrected chi connectivity index (χ3v) is 4.17. The molecule has 1 aromatic rings. The summed E-state index contributed by atoms with van der Waals surface area (Å²) in [6.45, 7) is 7.19. The molecule has 1 heterocycles. The average Bonchev–Trinajstić information content (AvgIpc) is 2.74. The molecule has 0 aliphatic carbocycles. The van der Waals surface area contributed by atoms with E-state index in [-0.39, 0.29) is 23.3 Å². The van der Waals surface area contributed by atoms with Gasteiger partial charge >= 0.3 is 0 Å². The van der Waals surface area contributed by atoms with E-state index in [2.05, 4.69) is 50.4 Å². The maximum absolute atomic E-state index is 12.0. The fourth-order valence-corrected chi connectivity index (χ4v) is 2.69. The molecule has 1 aliphatic heterocycles. The van der Waals surface area contributed by atoms with Crippen molar-refractivity contribution in [3.05, 3.63) is 35.4 Å². The minimum atomic E-state index is -0.0340. The molecule has 4 nitrogen and oxygen atoms in total. The molecule has 22 heavy (non-hydrogen) atoms. The van der Waals surface area contributed by atoms with Gasteiger partial charge in [0.1, 0.15) is 0 Å². The summed E-state index contributed by atoms with van der Waals surface area (Å²) in [5, 5.41) is 2.94. The number of carbonyl (C=O) groups excluding carboxylic acids is 2. The van der Waals surface area contributed by atoms with Crippen LogP contribution in [0.2, 0.25) is 0 Å². The van der Waals surface area contributed by atoms with E-state index >= 15 is 0 Å². The van der Waals surface area contributed by atoms with E-state index in [0.717, 1.165) is 6.42 Å². The molecule has 1 aliphatic rings. The van der Waals surface area contributed by atoms with Gasteiger partial charge in [-0.05, 0) is 23.0 Å². The van der Waals surface area contributed by atoms with Gasteiger partial charge in [-0.15, -0.1) is 0 Å². The average molecular weight is 302 g/mol. The van der Waals surface area contributed by atoms with E-state index in [9.17, 15) is 9.59 Å². The van der Waals surface area contributed by atoms with Crippen LogP contribution in [0, 0.1) is 0 Å². The standard InChI is InChI=1S/C18H26N2O2/c1-18(2,3)14-8-5-13(6-9-14)7-10-16(21)19-15-11-17(22)20(4)12-15/h5-6,8-9,15H,7,10-12H2,1-4H3,(H,19,21). The Morgan fingerprint density at radius 1 is 1.27 bits per heavy atom. The van der Waals surface area contributed by atoms with Gasteiger partial charge in [0.15, 0.2) is 0 Å². The minimum Gasteiger partial charge on any atom is -0.351 e. The van der Waals surface area contributed by atoms with E-state index in [0.29, 0.717) is 19.4 Å². The predicted molar refractivity (Wildman–Crippen MR) is 87.6 cm³/mol. The second kappa shape index (κ2) is 6.51. The molecule has 0 spiro atoms. The zero-order valence-electron chi connectivity index (χ0n) is 14.0. The van der Waals surface area contributed by atoms with Crippen LogP contribution in [-0.2, 0) is 21.4 Å². The van der Waals surface area contributed by atoms with E-state index < -0.39 is 0 Å². The fourth-order valence-electron chi connectivity index (χ4n) is 2.69. The number of likely N-dealkylation sites (tertiary alicyclic amines) is 1. The third kappa shape index (κ3) is 4.33. The van der Waals surface area contributed by atoms with Gasteiger partial charge < -0.3 is 10.2 Å². The number of nitrogens with one attached hydrogen (secondary N) is 1. The van der Waals surface area contributed by atoms with E-state index in [1.807, 2.05) is 0 Å². The first-order valence-electron chi connectivity index (χ1n) is 7.88. The van der Waals surface area contributed by atoms with Crippen LogP contribution < -0.4 is 5.32 Å². The van der Waals surface area contributed by atoms with Crippen LogP contribution in [-0.4, -0.2) is 36.3 Å². The van der Waals surface area contributed by atoms with Gasteiger partial charge in [-0.3, -0.25) is 9.59 Å². The van der Waals surface area contributed by atoms with Gasteiger partial charge in [-0.2, -0.15) is 0 Å². The van der Waals surface area contributed by atoms with Crippen LogP contribution in [0.4, 0.5) is 0 Å². The topological polar surface area (TPSA) is 49.4 Å². The number of benzene rings is 1. The van der Waals surface area contributed by atoms with Crippen LogP contribution >= 0.6 is 0 Å². The fraction of sp³-hybridized carbons (Fsp3) is 0.556. The van der Waals surface area contributed by atoms with E-state index in [4.69, 9.17) is 0 Å². The van der Waals surface area contributed by atoms with Gasteiger partial charge in [0.05, 0.1) is 6.04 Å². The molecule has 1 N–H and O–H groups in total. The highest BCUT2D eigenvalue weighted by molar-refractivity contribution is 5.82. The van der Waals surface area contributed by atoms with Crippen molar-refractivity contribution in [3.8, 4) is 0 Å². The summed E-state index contributed by atoms with van der Waals surface area (Å²) in [5.41, 5.74) is 2.62. The number of amides is 2. The number of rotatable bonds is 4. The molecule has 0 saturated carbocycles. The summed E-state index contributed by atoms with van der Waals surface area (Å²) in [6, 6.07) is 8.44. The van der Waals surface area contributed by atoms with Gasteiger partial charge in [0, 0.05) is 26.4 Å². The Balaban J connectivity index is 1.80. The lowest BCUT2D eigenvalue weighted by Crippen LogP contribution is -2.36. The van der Waals surface area contributed by atoms with Crippen molar-refractivity contribution in [2.45, 2.75) is 51.5 Å². The molecule has 120 valence electrons. The molecule has 1 atom stereocenters. The van der Waals surface area contributed by atoms with Gasteiger partial charge in [-0.1, -0.05) is 45.0 Å². The summed E-state index contributed by atoms with van der Waals surface area (Å²) < 4.78 is 0. The number of hydrogen-bond acceptors (Lipinski definition) is 2. The van der Waals surface area contributed by atoms with Crippen molar-refractivity contribution in [1.29, 1.82) is 0 Å². The summed E-state index contributed by atoms with van der Waals surface area (Å²) in [6.07, 6.45) is 1.61. The quantitative estimate of drug-likeness (QED) is 0.927. The Bertz CT molecular complexity index is 543. The Morgan fingerprint density at radius 3 is 2.41 bits per heavy atom. The molecule has 2 rings (SSSR count). The Hall–Kier alpha value is -1.84. The van der Waals surface area contributed by atoms with Gasteiger partial charge in [0.2, 0.25) is 11.8 Å². The molecule has 0 radical (unpaired) electrons. The van der Waals surface area contributed by atoms with Gasteiger partial charge in [0.25, 0.3) is 0 Å². The molecule has 1 aromatic carbocycles. The number of carbonyl (C=O) groups is 2. The van der Waals surface area contributed by atoms with Crippen LogP contribution in [0.1, 0.15) is 44.7 Å². The molecule has 0 bridgehead atoms. The van der Waals surface area contributed by atoms with Crippen molar-refractivity contribution in [2.24, 2.45) is 0 Å². The molecule has 1 saturated heterocycles. The van der Waals surface area contributed by atoms with Crippen molar-refractivity contribution in [1.82, 2.24) is 10.2 Å². The first-order valence-corrected chi connectivity index (χ1v) is 7.88. The Kier molecular flexibility index (Phi) is 4.89. The molecule has 2 amide bonds. The van der Waals surface area contributed by atoms with Gasteiger partial charge in [-0.25, -0.2) is 0 Å². The molecular weight excluding hydrogens is 276 g/mol. The molecular formula is C18H26N2O2. The smallest absolute Gasteiger partial charge is 0.224 e. The number of nitrogens with zero attached hydrogens (tertiary/aromatic N) is 1. The predicted octanol–water partition coefficient (Wildman–Crippen LogP) is 2.26. The second-order valence-electron chi connectivity index (χ2n) is 7.19. The number of aryl methyl sites for hydroxylation is 1. The van der Waals surface area contributed by atoms with Crippen LogP contribution in [0.3, 0.4) is 0 Å². The molecule has 4 heteroatoms. The van der Waals surface area contributed by atoms with Crippen molar-refractivity contribution >= 4 is 11.8 Å². The van der Waals surface area contributed by atoms with Crippen LogP contribution in [0.25, 0.3) is 0 Å². The minimum absolute atomic E-state index is 0.0213. The zero-order chi connectivity index (χ0) is 16.3. The lowest BCUT2D eigenvalue weighted by molar-refractivity contribution is -0.126.